The molecule has 23 heavy (non-hydrogen) atoms. The van der Waals surface area contributed by atoms with E-state index in [4.69, 9.17) is 4.74 Å². The Morgan fingerprint density at radius 2 is 1.83 bits per heavy atom. The number of hydrogen-bond donors (Lipinski definition) is 1. The topological polar surface area (TPSA) is 58.6 Å². The third-order valence-corrected chi connectivity index (χ3v) is 3.69. The van der Waals surface area contributed by atoms with Crippen LogP contribution in [0.3, 0.4) is 0 Å². The molecule has 0 aliphatic rings. The standard InChI is InChI=1S/C18H28N2O3/c1-14(2)16-6-8-17(9-7-16)19-18(22)10-12-20(15(3)21)11-5-13-23-4/h6-9,14H,5,10-13H2,1-4H3,(H,19,22). The van der Waals surface area contributed by atoms with Crippen molar-refractivity contribution in [3.05, 3.63) is 29.8 Å². The highest BCUT2D eigenvalue weighted by Crippen LogP contribution is 2.17. The highest BCUT2D eigenvalue weighted by Gasteiger charge is 2.11. The maximum absolute atomic E-state index is 12.0. The lowest BCUT2D eigenvalue weighted by Gasteiger charge is -2.20. The van der Waals surface area contributed by atoms with E-state index >= 15 is 0 Å². The zero-order valence-electron chi connectivity index (χ0n) is 14.6. The lowest BCUT2D eigenvalue weighted by atomic mass is 10.0. The lowest BCUT2D eigenvalue weighted by Crippen LogP contribution is -2.33. The summed E-state index contributed by atoms with van der Waals surface area (Å²) >= 11 is 0. The van der Waals surface area contributed by atoms with Gasteiger partial charge in [0.15, 0.2) is 0 Å². The average Bonchev–Trinajstić information content (AvgIpc) is 2.50. The van der Waals surface area contributed by atoms with Crippen molar-refractivity contribution in [3.63, 3.8) is 0 Å². The lowest BCUT2D eigenvalue weighted by molar-refractivity contribution is -0.129. The number of benzene rings is 1. The van der Waals surface area contributed by atoms with Gasteiger partial charge in [0.2, 0.25) is 11.8 Å². The van der Waals surface area contributed by atoms with Crippen LogP contribution in [0.15, 0.2) is 24.3 Å². The van der Waals surface area contributed by atoms with Gasteiger partial charge in [0.25, 0.3) is 0 Å². The smallest absolute Gasteiger partial charge is 0.226 e. The van der Waals surface area contributed by atoms with Crippen LogP contribution in [-0.2, 0) is 14.3 Å². The fourth-order valence-corrected chi connectivity index (χ4v) is 2.24. The molecule has 2 amide bonds. The van der Waals surface area contributed by atoms with E-state index in [1.807, 2.05) is 24.3 Å². The van der Waals surface area contributed by atoms with E-state index < -0.39 is 0 Å². The molecule has 0 heterocycles. The number of nitrogens with one attached hydrogen (secondary N) is 1. The quantitative estimate of drug-likeness (QED) is 0.712. The molecule has 0 bridgehead atoms. The van der Waals surface area contributed by atoms with Crippen molar-refractivity contribution in [2.75, 3.05) is 32.1 Å². The largest absolute Gasteiger partial charge is 0.385 e. The minimum atomic E-state index is -0.0831. The van der Waals surface area contributed by atoms with Crippen LogP contribution in [0.2, 0.25) is 0 Å². The van der Waals surface area contributed by atoms with Gasteiger partial charge in [-0.05, 0) is 30.0 Å². The average molecular weight is 320 g/mol. The first-order chi connectivity index (χ1) is 10.9. The summed E-state index contributed by atoms with van der Waals surface area (Å²) in [7, 11) is 1.64. The number of ether oxygens (including phenoxy) is 1. The molecule has 128 valence electrons. The normalized spacial score (nSPS) is 10.7. The van der Waals surface area contributed by atoms with E-state index in [-0.39, 0.29) is 11.8 Å². The monoisotopic (exact) mass is 320 g/mol. The van der Waals surface area contributed by atoms with Crippen molar-refractivity contribution in [1.82, 2.24) is 4.90 Å². The van der Waals surface area contributed by atoms with E-state index in [1.54, 1.807) is 12.0 Å². The Labute approximate surface area is 139 Å². The fourth-order valence-electron chi connectivity index (χ4n) is 2.24. The van der Waals surface area contributed by atoms with Crippen molar-refractivity contribution in [3.8, 4) is 0 Å². The molecule has 0 aromatic heterocycles. The Kier molecular flexibility index (Phi) is 8.33. The summed E-state index contributed by atoms with van der Waals surface area (Å²) < 4.78 is 4.99. The van der Waals surface area contributed by atoms with Gasteiger partial charge in [-0.15, -0.1) is 0 Å². The fraction of sp³-hybridized carbons (Fsp3) is 0.556. The predicted octanol–water partition coefficient (Wildman–Crippen LogP) is 3.02. The molecule has 1 aromatic rings. The molecule has 5 heteroatoms. The molecule has 0 saturated carbocycles. The van der Waals surface area contributed by atoms with Crippen LogP contribution >= 0.6 is 0 Å². The van der Waals surface area contributed by atoms with Gasteiger partial charge in [-0.3, -0.25) is 9.59 Å². The van der Waals surface area contributed by atoms with Gasteiger partial charge >= 0.3 is 0 Å². The molecule has 0 fully saturated rings. The van der Waals surface area contributed by atoms with E-state index in [2.05, 4.69) is 19.2 Å². The number of methoxy groups -OCH3 is 1. The van der Waals surface area contributed by atoms with Crippen LogP contribution in [0.5, 0.6) is 0 Å². The third-order valence-electron chi connectivity index (χ3n) is 3.69. The number of nitrogens with zero attached hydrogens (tertiary/aromatic N) is 1. The van der Waals surface area contributed by atoms with Crippen molar-refractivity contribution in [1.29, 1.82) is 0 Å². The van der Waals surface area contributed by atoms with Gasteiger partial charge in [0, 0.05) is 45.8 Å². The molecule has 0 radical (unpaired) electrons. The van der Waals surface area contributed by atoms with Gasteiger partial charge in [-0.2, -0.15) is 0 Å². The predicted molar refractivity (Wildman–Crippen MR) is 92.5 cm³/mol. The van der Waals surface area contributed by atoms with Gasteiger partial charge < -0.3 is 15.0 Å². The summed E-state index contributed by atoms with van der Waals surface area (Å²) in [5, 5.41) is 2.87. The van der Waals surface area contributed by atoms with Crippen molar-refractivity contribution in [2.24, 2.45) is 0 Å². The maximum atomic E-state index is 12.0. The molecule has 5 nitrogen and oxygen atoms in total. The summed E-state index contributed by atoms with van der Waals surface area (Å²) in [6, 6.07) is 7.86. The molecule has 0 aliphatic carbocycles. The number of amides is 2. The van der Waals surface area contributed by atoms with Crippen LogP contribution in [-0.4, -0.2) is 43.5 Å². The van der Waals surface area contributed by atoms with Gasteiger partial charge in [0.05, 0.1) is 0 Å². The van der Waals surface area contributed by atoms with Crippen LogP contribution in [0.4, 0.5) is 5.69 Å². The van der Waals surface area contributed by atoms with Gasteiger partial charge in [-0.25, -0.2) is 0 Å². The maximum Gasteiger partial charge on any atom is 0.226 e. The molecular weight excluding hydrogens is 292 g/mol. The third kappa shape index (κ3) is 7.28. The number of carbonyl (C=O) groups excluding carboxylic acids is 2. The second-order valence-electron chi connectivity index (χ2n) is 5.93. The second-order valence-corrected chi connectivity index (χ2v) is 5.93. The first kappa shape index (κ1) is 19.2. The summed E-state index contributed by atoms with van der Waals surface area (Å²) in [4.78, 5) is 25.3. The van der Waals surface area contributed by atoms with E-state index in [0.29, 0.717) is 32.0 Å². The number of hydrogen-bond acceptors (Lipinski definition) is 3. The summed E-state index contributed by atoms with van der Waals surface area (Å²) in [5.74, 6) is 0.367. The zero-order chi connectivity index (χ0) is 17.2. The highest BCUT2D eigenvalue weighted by atomic mass is 16.5. The van der Waals surface area contributed by atoms with Crippen LogP contribution < -0.4 is 5.32 Å². The van der Waals surface area contributed by atoms with E-state index in [0.717, 1.165) is 12.1 Å². The van der Waals surface area contributed by atoms with Gasteiger partial charge in [0.1, 0.15) is 0 Å². The van der Waals surface area contributed by atoms with Crippen LogP contribution in [0.1, 0.15) is 45.1 Å². The van der Waals surface area contributed by atoms with Crippen molar-refractivity contribution >= 4 is 17.5 Å². The van der Waals surface area contributed by atoms with Crippen molar-refractivity contribution in [2.45, 2.75) is 39.5 Å². The SMILES string of the molecule is COCCCN(CCC(=O)Nc1ccc(C(C)C)cc1)C(C)=O. The minimum absolute atomic E-state index is 0.0183. The van der Waals surface area contributed by atoms with E-state index in [9.17, 15) is 9.59 Å². The molecule has 0 aliphatic heterocycles. The first-order valence-corrected chi connectivity index (χ1v) is 8.08. The Morgan fingerprint density at radius 1 is 1.17 bits per heavy atom. The molecule has 1 rings (SSSR count). The summed E-state index contributed by atoms with van der Waals surface area (Å²) in [5.41, 5.74) is 2.03. The molecular formula is C18H28N2O3. The van der Waals surface area contributed by atoms with E-state index in [1.165, 1.54) is 12.5 Å². The first-order valence-electron chi connectivity index (χ1n) is 8.08. The molecule has 0 spiro atoms. The summed E-state index contributed by atoms with van der Waals surface area (Å²) in [6.07, 6.45) is 1.06. The minimum Gasteiger partial charge on any atom is -0.385 e. The summed E-state index contributed by atoms with van der Waals surface area (Å²) in [6.45, 7) is 7.43. The molecule has 0 unspecified atom stereocenters. The second kappa shape index (κ2) is 10.0. The number of carbonyl (C=O) groups is 2. The molecule has 1 N–H and O–H groups in total. The van der Waals surface area contributed by atoms with Gasteiger partial charge in [-0.1, -0.05) is 26.0 Å². The molecule has 0 atom stereocenters. The number of rotatable bonds is 9. The Balaban J connectivity index is 2.43. The molecule has 0 saturated heterocycles. The van der Waals surface area contributed by atoms with Crippen LogP contribution in [0.25, 0.3) is 0 Å². The Hall–Kier alpha value is -1.88. The Morgan fingerprint density at radius 3 is 2.35 bits per heavy atom. The van der Waals surface area contributed by atoms with Crippen LogP contribution in [0, 0.1) is 0 Å². The zero-order valence-corrected chi connectivity index (χ0v) is 14.6. The Bertz CT molecular complexity index is 497. The molecule has 1 aromatic carbocycles. The number of anilines is 1. The van der Waals surface area contributed by atoms with Crippen molar-refractivity contribution < 1.29 is 14.3 Å². The highest BCUT2D eigenvalue weighted by molar-refractivity contribution is 5.91.